The summed E-state index contributed by atoms with van der Waals surface area (Å²) in [4.78, 5) is 25.8. The summed E-state index contributed by atoms with van der Waals surface area (Å²) in [6, 6.07) is 19.8. The van der Waals surface area contributed by atoms with E-state index in [0.717, 1.165) is 5.56 Å². The molecule has 0 bridgehead atoms. The van der Waals surface area contributed by atoms with Crippen LogP contribution in [-0.4, -0.2) is 37.9 Å². The van der Waals surface area contributed by atoms with Gasteiger partial charge in [-0.2, -0.15) is 0 Å². The number of benzene rings is 3. The highest BCUT2D eigenvalue weighted by Gasteiger charge is 2.23. The number of rotatable bonds is 9. The van der Waals surface area contributed by atoms with E-state index in [4.69, 9.17) is 9.47 Å². The second-order valence-corrected chi connectivity index (χ2v) is 10.1. The van der Waals surface area contributed by atoms with Crippen LogP contribution in [0.1, 0.15) is 21.6 Å². The van der Waals surface area contributed by atoms with Crippen molar-refractivity contribution in [1.82, 2.24) is 14.7 Å². The summed E-state index contributed by atoms with van der Waals surface area (Å²) in [6.07, 6.45) is 0. The minimum Gasteiger partial charge on any atom is -0.493 e. The number of aromatic nitrogens is 2. The van der Waals surface area contributed by atoms with Crippen molar-refractivity contribution < 1.29 is 22.7 Å². The highest BCUT2D eigenvalue weighted by molar-refractivity contribution is 7.92. The number of methoxy groups -OCH3 is 2. The quantitative estimate of drug-likeness (QED) is 0.339. The predicted molar refractivity (Wildman–Crippen MR) is 144 cm³/mol. The van der Waals surface area contributed by atoms with Crippen LogP contribution >= 0.6 is 0 Å². The molecule has 0 aliphatic carbocycles. The molecule has 38 heavy (non-hydrogen) atoms. The molecule has 0 spiro atoms. The van der Waals surface area contributed by atoms with Crippen LogP contribution < -0.4 is 25.1 Å². The lowest BCUT2D eigenvalue weighted by atomic mass is 10.1. The monoisotopic (exact) mass is 536 g/mol. The van der Waals surface area contributed by atoms with Gasteiger partial charge in [-0.1, -0.05) is 30.3 Å². The molecule has 1 amide bonds. The molecule has 11 heteroatoms. The van der Waals surface area contributed by atoms with Crippen LogP contribution in [-0.2, 0) is 23.6 Å². The number of carbonyl (C=O) groups is 1. The van der Waals surface area contributed by atoms with E-state index in [2.05, 4.69) is 10.0 Å². The Morgan fingerprint density at radius 1 is 0.921 bits per heavy atom. The van der Waals surface area contributed by atoms with E-state index >= 15 is 0 Å². The molecule has 4 rings (SSSR count). The zero-order chi connectivity index (χ0) is 27.4. The first kappa shape index (κ1) is 26.6. The van der Waals surface area contributed by atoms with Crippen molar-refractivity contribution in [3.05, 3.63) is 100.0 Å². The molecule has 10 nitrogen and oxygen atoms in total. The Morgan fingerprint density at radius 2 is 1.63 bits per heavy atom. The van der Waals surface area contributed by atoms with Gasteiger partial charge in [-0.05, 0) is 55.0 Å². The van der Waals surface area contributed by atoms with Gasteiger partial charge in [0.2, 0.25) is 0 Å². The number of sulfonamides is 1. The highest BCUT2D eigenvalue weighted by atomic mass is 32.2. The fourth-order valence-electron chi connectivity index (χ4n) is 3.96. The standard InChI is InChI=1S/C27H28N4O6S/c1-18-25(27(33)31(30(18)2)21-10-6-5-7-11-21)29-38(34,35)22-12-8-9-20(16-22)26(32)28-17-19-13-14-23(36-3)24(15-19)37-4/h5-16,29H,17H2,1-4H3,(H,28,32). The molecule has 0 radical (unpaired) electrons. The number of amides is 1. The van der Waals surface area contributed by atoms with E-state index < -0.39 is 21.5 Å². The van der Waals surface area contributed by atoms with Crippen molar-refractivity contribution in [2.45, 2.75) is 18.4 Å². The van der Waals surface area contributed by atoms with Gasteiger partial charge in [0, 0.05) is 19.2 Å². The van der Waals surface area contributed by atoms with Crippen molar-refractivity contribution in [3.63, 3.8) is 0 Å². The summed E-state index contributed by atoms with van der Waals surface area (Å²) in [7, 11) is 0.558. The van der Waals surface area contributed by atoms with Crippen molar-refractivity contribution in [2.75, 3.05) is 18.9 Å². The second-order valence-electron chi connectivity index (χ2n) is 8.44. The Labute approximate surface area is 220 Å². The summed E-state index contributed by atoms with van der Waals surface area (Å²) in [5, 5.41) is 2.77. The SMILES string of the molecule is COc1ccc(CNC(=O)c2cccc(S(=O)(=O)Nc3c(C)n(C)n(-c4ccccc4)c3=O)c2)cc1OC. The molecule has 3 aromatic carbocycles. The number of para-hydroxylation sites is 1. The van der Waals surface area contributed by atoms with Crippen LogP contribution in [0, 0.1) is 6.92 Å². The third-order valence-corrected chi connectivity index (χ3v) is 7.45. The van der Waals surface area contributed by atoms with E-state index in [9.17, 15) is 18.0 Å². The van der Waals surface area contributed by atoms with Gasteiger partial charge in [-0.15, -0.1) is 0 Å². The fraction of sp³-hybridized carbons (Fsp3) is 0.185. The van der Waals surface area contributed by atoms with Crippen LogP contribution in [0.25, 0.3) is 5.69 Å². The van der Waals surface area contributed by atoms with Gasteiger partial charge in [0.05, 0.1) is 30.5 Å². The maximum atomic E-state index is 13.2. The van der Waals surface area contributed by atoms with Gasteiger partial charge in [0.25, 0.3) is 21.5 Å². The normalized spacial score (nSPS) is 11.2. The maximum Gasteiger partial charge on any atom is 0.296 e. The summed E-state index contributed by atoms with van der Waals surface area (Å²) < 4.78 is 42.3. The van der Waals surface area contributed by atoms with Gasteiger partial charge >= 0.3 is 0 Å². The Balaban J connectivity index is 1.55. The molecule has 4 aromatic rings. The molecule has 0 saturated heterocycles. The first-order chi connectivity index (χ1) is 18.2. The number of hydrogen-bond donors (Lipinski definition) is 2. The van der Waals surface area contributed by atoms with Crippen molar-refractivity contribution in [2.24, 2.45) is 7.05 Å². The minimum atomic E-state index is -4.17. The summed E-state index contributed by atoms with van der Waals surface area (Å²) >= 11 is 0. The number of hydrogen-bond acceptors (Lipinski definition) is 6. The first-order valence-electron chi connectivity index (χ1n) is 11.6. The average Bonchev–Trinajstić information content (AvgIpc) is 3.14. The fourth-order valence-corrected chi connectivity index (χ4v) is 5.12. The Morgan fingerprint density at radius 3 is 2.32 bits per heavy atom. The minimum absolute atomic E-state index is 0.0698. The van der Waals surface area contributed by atoms with Gasteiger partial charge in [-0.3, -0.25) is 19.0 Å². The third kappa shape index (κ3) is 5.28. The molecular formula is C27H28N4O6S. The lowest BCUT2D eigenvalue weighted by molar-refractivity contribution is 0.0950. The lowest BCUT2D eigenvalue weighted by Crippen LogP contribution is -2.24. The number of nitrogens with one attached hydrogen (secondary N) is 2. The van der Waals surface area contributed by atoms with E-state index in [1.54, 1.807) is 61.1 Å². The molecule has 0 atom stereocenters. The molecule has 0 saturated carbocycles. The van der Waals surface area contributed by atoms with Crippen LogP contribution in [0.4, 0.5) is 5.69 Å². The van der Waals surface area contributed by atoms with E-state index in [1.165, 1.54) is 43.2 Å². The van der Waals surface area contributed by atoms with E-state index in [-0.39, 0.29) is 22.7 Å². The molecule has 0 unspecified atom stereocenters. The van der Waals surface area contributed by atoms with Gasteiger partial charge in [-0.25, -0.2) is 13.1 Å². The number of carbonyl (C=O) groups excluding carboxylic acids is 1. The average molecular weight is 537 g/mol. The Kier molecular flexibility index (Phi) is 7.58. The molecule has 0 aliphatic rings. The van der Waals surface area contributed by atoms with Crippen LogP contribution in [0.3, 0.4) is 0 Å². The molecule has 2 N–H and O–H groups in total. The molecule has 1 aromatic heterocycles. The van der Waals surface area contributed by atoms with E-state index in [0.29, 0.717) is 22.9 Å². The van der Waals surface area contributed by atoms with Crippen LogP contribution in [0.15, 0.2) is 82.5 Å². The smallest absolute Gasteiger partial charge is 0.296 e. The first-order valence-corrected chi connectivity index (χ1v) is 13.1. The summed E-state index contributed by atoms with van der Waals surface area (Å²) in [5.74, 6) is 0.636. The van der Waals surface area contributed by atoms with Gasteiger partial charge in [0.15, 0.2) is 11.5 Å². The largest absolute Gasteiger partial charge is 0.493 e. The number of ether oxygens (including phenoxy) is 2. The highest BCUT2D eigenvalue weighted by Crippen LogP contribution is 2.27. The topological polar surface area (TPSA) is 121 Å². The zero-order valence-corrected chi connectivity index (χ0v) is 22.2. The third-order valence-electron chi connectivity index (χ3n) is 6.10. The predicted octanol–water partition coefficient (Wildman–Crippen LogP) is 3.23. The van der Waals surface area contributed by atoms with Gasteiger partial charge < -0.3 is 14.8 Å². The zero-order valence-electron chi connectivity index (χ0n) is 21.4. The van der Waals surface area contributed by atoms with E-state index in [1.807, 2.05) is 6.07 Å². The second kappa shape index (κ2) is 10.9. The molecular weight excluding hydrogens is 508 g/mol. The molecule has 0 aliphatic heterocycles. The molecule has 198 valence electrons. The van der Waals surface area contributed by atoms with Crippen LogP contribution in [0.5, 0.6) is 11.5 Å². The maximum absolute atomic E-state index is 13.2. The summed E-state index contributed by atoms with van der Waals surface area (Å²) in [5.41, 5.74) is 1.38. The summed E-state index contributed by atoms with van der Waals surface area (Å²) in [6.45, 7) is 1.84. The van der Waals surface area contributed by atoms with Crippen molar-refractivity contribution in [1.29, 1.82) is 0 Å². The van der Waals surface area contributed by atoms with Crippen LogP contribution in [0.2, 0.25) is 0 Å². The number of anilines is 1. The van der Waals surface area contributed by atoms with Gasteiger partial charge in [0.1, 0.15) is 5.69 Å². The Bertz CT molecular complexity index is 1640. The van der Waals surface area contributed by atoms with Crippen molar-refractivity contribution in [3.8, 4) is 17.2 Å². The Hall–Kier alpha value is -4.51. The lowest BCUT2D eigenvalue weighted by Gasteiger charge is -2.11. The number of nitrogens with zero attached hydrogens (tertiary/aromatic N) is 2. The molecule has 0 fully saturated rings. The van der Waals surface area contributed by atoms with Crippen molar-refractivity contribution >= 4 is 21.6 Å². The molecule has 1 heterocycles.